The van der Waals surface area contributed by atoms with Gasteiger partial charge in [-0.1, -0.05) is 182 Å². The topological polar surface area (TPSA) is 64.4 Å². The molecule has 0 amide bonds. The van der Waals surface area contributed by atoms with E-state index in [2.05, 4.69) is 220 Å². The number of hydrogen-bond donors (Lipinski definition) is 0. The van der Waals surface area contributed by atoms with Crippen molar-refractivity contribution in [2.45, 2.75) is 0 Å². The highest BCUT2D eigenvalue weighted by Gasteiger charge is 2.20. The van der Waals surface area contributed by atoms with Gasteiger partial charge >= 0.3 is 0 Å². The van der Waals surface area contributed by atoms with Crippen LogP contribution < -0.4 is 0 Å². The van der Waals surface area contributed by atoms with Gasteiger partial charge in [0.15, 0.2) is 5.82 Å². The summed E-state index contributed by atoms with van der Waals surface area (Å²) in [5.41, 5.74) is 19.3. The van der Waals surface area contributed by atoms with Crippen molar-refractivity contribution in [2.24, 2.45) is 0 Å². The molecular formula is C71H44N6. The minimum absolute atomic E-state index is 0.580. The molecule has 0 aliphatic rings. The van der Waals surface area contributed by atoms with Crippen molar-refractivity contribution in [3.8, 4) is 79.3 Å². The number of rotatable bonds is 8. The van der Waals surface area contributed by atoms with E-state index < -0.39 is 0 Å². The van der Waals surface area contributed by atoms with Crippen molar-refractivity contribution >= 4 is 65.4 Å². The lowest BCUT2D eigenvalue weighted by molar-refractivity contribution is 1.16. The van der Waals surface area contributed by atoms with Crippen molar-refractivity contribution in [1.82, 2.24) is 23.7 Å². The number of nitriles is 1. The molecule has 0 atom stereocenters. The molecule has 0 bridgehead atoms. The van der Waals surface area contributed by atoms with Crippen LogP contribution in [0.2, 0.25) is 0 Å². The Morgan fingerprint density at radius 1 is 0.273 bits per heavy atom. The zero-order valence-corrected chi connectivity index (χ0v) is 41.6. The first-order valence-electron chi connectivity index (χ1n) is 25.9. The second-order valence-electron chi connectivity index (χ2n) is 19.7. The van der Waals surface area contributed by atoms with E-state index >= 15 is 0 Å². The number of hydrogen-bond acceptors (Lipinski definition) is 3. The van der Waals surface area contributed by atoms with Crippen LogP contribution in [0.3, 0.4) is 0 Å². The predicted octanol–water partition coefficient (Wildman–Crippen LogP) is 18.0. The SMILES string of the molecule is N#Cc1cc(-c2cc(-c3ccccc3)nc(-c3ccccc3)n2)ccc1-c1ccc(-c2ccc(-n3c4ccc(-n5c6ccccc6c6ccccc65)cc4c4cc(-n5c6ccccc6c6ccccc65)ccc43)cc2)cc1. The Labute approximate surface area is 443 Å². The fourth-order valence-electron chi connectivity index (χ4n) is 11.7. The van der Waals surface area contributed by atoms with E-state index in [1.807, 2.05) is 66.7 Å². The van der Waals surface area contributed by atoms with Crippen LogP contribution in [0.4, 0.5) is 0 Å². The van der Waals surface area contributed by atoms with Gasteiger partial charge in [-0.15, -0.1) is 0 Å². The average Bonchev–Trinajstić information content (AvgIpc) is 4.22. The average molecular weight is 981 g/mol. The largest absolute Gasteiger partial charge is 0.309 e. The van der Waals surface area contributed by atoms with Crippen LogP contribution in [-0.4, -0.2) is 23.7 Å². The lowest BCUT2D eigenvalue weighted by Gasteiger charge is -2.12. The van der Waals surface area contributed by atoms with Crippen molar-refractivity contribution in [3.05, 3.63) is 272 Å². The van der Waals surface area contributed by atoms with Crippen LogP contribution in [0.15, 0.2) is 267 Å². The summed E-state index contributed by atoms with van der Waals surface area (Å²) in [5, 5.41) is 17.9. The summed E-state index contributed by atoms with van der Waals surface area (Å²) in [7, 11) is 0. The van der Waals surface area contributed by atoms with Gasteiger partial charge in [0.1, 0.15) is 0 Å². The maximum absolute atomic E-state index is 10.6. The van der Waals surface area contributed by atoms with Crippen LogP contribution in [-0.2, 0) is 0 Å². The third-order valence-electron chi connectivity index (χ3n) is 15.3. The van der Waals surface area contributed by atoms with Crippen LogP contribution in [0.25, 0.3) is 139 Å². The first-order chi connectivity index (χ1) is 38.1. The first kappa shape index (κ1) is 43.9. The highest BCUT2D eigenvalue weighted by atomic mass is 15.0. The molecule has 0 radical (unpaired) electrons. The molecule has 0 unspecified atom stereocenters. The normalized spacial score (nSPS) is 11.6. The van der Waals surface area contributed by atoms with Crippen LogP contribution in [0.1, 0.15) is 5.56 Å². The number of aromatic nitrogens is 5. The van der Waals surface area contributed by atoms with Crippen molar-refractivity contribution < 1.29 is 0 Å². The molecule has 0 aliphatic heterocycles. The van der Waals surface area contributed by atoms with Gasteiger partial charge in [0.05, 0.1) is 56.1 Å². The number of para-hydroxylation sites is 4. The second-order valence-corrected chi connectivity index (χ2v) is 19.7. The molecule has 0 aliphatic carbocycles. The first-order valence-corrected chi connectivity index (χ1v) is 25.9. The van der Waals surface area contributed by atoms with E-state index in [0.29, 0.717) is 11.4 Å². The zero-order chi connectivity index (χ0) is 51.0. The molecule has 11 aromatic carbocycles. The summed E-state index contributed by atoms with van der Waals surface area (Å²) in [6.07, 6.45) is 0. The second kappa shape index (κ2) is 17.8. The van der Waals surface area contributed by atoms with Gasteiger partial charge in [-0.05, 0) is 107 Å². The van der Waals surface area contributed by atoms with E-state index in [1.54, 1.807) is 0 Å². The summed E-state index contributed by atoms with van der Waals surface area (Å²) in [4.78, 5) is 9.97. The monoisotopic (exact) mass is 980 g/mol. The standard InChI is InChI=1S/C71H44N6/c72-45-52-41-51(64-44-63(49-15-3-1-4-16-49)73-71(74-64)50-17-5-2-6-18-50)33-38-56(52)48-29-27-46(28-30-48)47-31-34-53(35-32-47)75-69-39-36-54(76-65-23-11-7-19-57(65)58-20-8-12-24-66(58)76)42-61(69)62-43-55(37-40-70(62)75)77-67-25-13-9-21-59(67)60-22-10-14-26-68(60)77/h1-44H. The summed E-state index contributed by atoms with van der Waals surface area (Å²) in [5.74, 6) is 0.637. The van der Waals surface area contributed by atoms with E-state index in [1.165, 1.54) is 54.4 Å². The van der Waals surface area contributed by atoms with Crippen LogP contribution in [0.5, 0.6) is 0 Å². The molecule has 15 aromatic rings. The summed E-state index contributed by atoms with van der Waals surface area (Å²) in [6, 6.07) is 96.8. The molecule has 0 saturated heterocycles. The fraction of sp³-hybridized carbons (Fsp3) is 0. The fourth-order valence-corrected chi connectivity index (χ4v) is 11.7. The quantitative estimate of drug-likeness (QED) is 0.152. The predicted molar refractivity (Wildman–Crippen MR) is 317 cm³/mol. The molecule has 6 nitrogen and oxygen atoms in total. The molecule has 4 aromatic heterocycles. The summed E-state index contributed by atoms with van der Waals surface area (Å²) in [6.45, 7) is 0. The Balaban J connectivity index is 0.802. The van der Waals surface area contributed by atoms with Gasteiger partial charge in [0, 0.05) is 66.1 Å². The molecule has 358 valence electrons. The van der Waals surface area contributed by atoms with Crippen LogP contribution in [0, 0.1) is 11.3 Å². The van der Waals surface area contributed by atoms with Crippen LogP contribution >= 0.6 is 0 Å². The number of nitrogens with zero attached hydrogens (tertiary/aromatic N) is 6. The Kier molecular flexibility index (Phi) is 10.2. The smallest absolute Gasteiger partial charge is 0.160 e. The van der Waals surface area contributed by atoms with Gasteiger partial charge in [-0.3, -0.25) is 0 Å². The summed E-state index contributed by atoms with van der Waals surface area (Å²) < 4.78 is 7.22. The third-order valence-corrected chi connectivity index (χ3v) is 15.3. The van der Waals surface area contributed by atoms with Gasteiger partial charge in [0.25, 0.3) is 0 Å². The van der Waals surface area contributed by atoms with Crippen molar-refractivity contribution in [1.29, 1.82) is 5.26 Å². The molecule has 0 fully saturated rings. The third kappa shape index (κ3) is 7.25. The molecular weight excluding hydrogens is 937 g/mol. The highest BCUT2D eigenvalue weighted by molar-refractivity contribution is 6.14. The van der Waals surface area contributed by atoms with Gasteiger partial charge in [-0.2, -0.15) is 5.26 Å². The molecule has 15 rings (SSSR count). The minimum atomic E-state index is 0.580. The molecule has 0 N–H and O–H groups in total. The Morgan fingerprint density at radius 2 is 0.649 bits per heavy atom. The maximum atomic E-state index is 10.6. The van der Waals surface area contributed by atoms with E-state index in [4.69, 9.17) is 9.97 Å². The number of benzene rings is 11. The maximum Gasteiger partial charge on any atom is 0.160 e. The van der Waals surface area contributed by atoms with E-state index in [9.17, 15) is 5.26 Å². The van der Waals surface area contributed by atoms with Gasteiger partial charge in [0.2, 0.25) is 0 Å². The minimum Gasteiger partial charge on any atom is -0.309 e. The van der Waals surface area contributed by atoms with E-state index in [0.717, 1.165) is 78.4 Å². The van der Waals surface area contributed by atoms with Gasteiger partial charge < -0.3 is 13.7 Å². The Hall–Kier alpha value is -10.6. The molecule has 6 heteroatoms. The molecule has 0 spiro atoms. The Morgan fingerprint density at radius 3 is 1.14 bits per heavy atom. The lowest BCUT2D eigenvalue weighted by Crippen LogP contribution is -1.96. The lowest BCUT2D eigenvalue weighted by atomic mass is 9.95. The molecule has 0 saturated carbocycles. The number of fused-ring (bicyclic) bond motifs is 9. The molecule has 4 heterocycles. The van der Waals surface area contributed by atoms with Crippen molar-refractivity contribution in [3.63, 3.8) is 0 Å². The van der Waals surface area contributed by atoms with Crippen molar-refractivity contribution in [2.75, 3.05) is 0 Å². The van der Waals surface area contributed by atoms with E-state index in [-0.39, 0.29) is 0 Å². The highest BCUT2D eigenvalue weighted by Crippen LogP contribution is 2.40. The Bertz CT molecular complexity index is 4510. The molecule has 77 heavy (non-hydrogen) atoms. The summed E-state index contributed by atoms with van der Waals surface area (Å²) >= 11 is 0. The van der Waals surface area contributed by atoms with Gasteiger partial charge in [-0.25, -0.2) is 9.97 Å². The zero-order valence-electron chi connectivity index (χ0n) is 41.6.